The van der Waals surface area contributed by atoms with Gasteiger partial charge in [-0.05, 0) is 42.7 Å². The zero-order valence-electron chi connectivity index (χ0n) is 19.7. The Morgan fingerprint density at radius 1 is 1.15 bits per heavy atom. The van der Waals surface area contributed by atoms with Crippen molar-refractivity contribution in [3.05, 3.63) is 75.7 Å². The molecule has 0 radical (unpaired) electrons. The number of aryl methyl sites for hydroxylation is 1. The van der Waals surface area contributed by atoms with Crippen molar-refractivity contribution in [3.8, 4) is 0 Å². The summed E-state index contributed by atoms with van der Waals surface area (Å²) >= 11 is 6.22. The highest BCUT2D eigenvalue weighted by Gasteiger charge is 2.38. The number of aromatic nitrogens is 3. The summed E-state index contributed by atoms with van der Waals surface area (Å²) in [5.41, 5.74) is 8.66. The molecule has 2 N–H and O–H groups in total. The number of fused-ring (bicyclic) bond motifs is 1. The molecule has 2 aromatic heterocycles. The smallest absolute Gasteiger partial charge is 0.349 e. The first-order chi connectivity index (χ1) is 16.2. The first-order valence-corrected chi connectivity index (χ1v) is 11.9. The van der Waals surface area contributed by atoms with Gasteiger partial charge in [-0.25, -0.2) is 14.2 Å². The van der Waals surface area contributed by atoms with Gasteiger partial charge in [0.1, 0.15) is 16.5 Å². The predicted molar refractivity (Wildman–Crippen MR) is 134 cm³/mol. The van der Waals surface area contributed by atoms with Gasteiger partial charge in [0.15, 0.2) is 5.82 Å². The second-order valence-electron chi connectivity index (χ2n) is 8.78. The second kappa shape index (κ2) is 9.72. The maximum Gasteiger partial charge on any atom is 0.349 e. The van der Waals surface area contributed by atoms with Crippen molar-refractivity contribution < 1.29 is 4.39 Å². The molecule has 7 nitrogen and oxygen atoms in total. The third-order valence-corrected chi connectivity index (χ3v) is 6.93. The van der Waals surface area contributed by atoms with E-state index in [1.165, 1.54) is 16.7 Å². The summed E-state index contributed by atoms with van der Waals surface area (Å²) in [5.74, 6) is 0.263. The van der Waals surface area contributed by atoms with Gasteiger partial charge >= 0.3 is 5.69 Å². The van der Waals surface area contributed by atoms with Gasteiger partial charge in [0, 0.05) is 37.9 Å². The minimum atomic E-state index is -0.337. The average Bonchev–Trinajstić information content (AvgIpc) is 2.82. The Morgan fingerprint density at radius 2 is 1.82 bits per heavy atom. The number of halogens is 2. The van der Waals surface area contributed by atoms with Crippen molar-refractivity contribution in [2.75, 3.05) is 18.0 Å². The minimum absolute atomic E-state index is 0.0497. The van der Waals surface area contributed by atoms with E-state index in [4.69, 9.17) is 17.3 Å². The molecule has 0 bridgehead atoms. The van der Waals surface area contributed by atoms with Crippen LogP contribution in [-0.2, 0) is 7.05 Å². The molecule has 1 fully saturated rings. The number of hydrogen-bond acceptors (Lipinski definition) is 6. The molecule has 1 aromatic carbocycles. The standard InChI is InChI=1S/C25H30ClFN6O/c1-5-18-14-33(24-22-20(11-12-21(26)29-22)31(4)25(34)30-24)19(6-2)13-32(18)23(15(3)28)16-7-9-17(27)10-8-16/h7-12,18-19,23H,3,5-6,13-14,28H2,1-2,4H3/t18-,19?,23?/m1/s1. The molecule has 0 spiro atoms. The van der Waals surface area contributed by atoms with Crippen molar-refractivity contribution in [2.24, 2.45) is 12.8 Å². The van der Waals surface area contributed by atoms with Gasteiger partial charge in [-0.15, -0.1) is 0 Å². The van der Waals surface area contributed by atoms with Crippen molar-refractivity contribution >= 4 is 28.5 Å². The number of benzene rings is 1. The van der Waals surface area contributed by atoms with Crippen molar-refractivity contribution in [3.63, 3.8) is 0 Å². The van der Waals surface area contributed by atoms with E-state index in [-0.39, 0.29) is 29.6 Å². The van der Waals surface area contributed by atoms with Crippen LogP contribution >= 0.6 is 11.6 Å². The molecule has 3 aromatic rings. The zero-order valence-corrected chi connectivity index (χ0v) is 20.5. The summed E-state index contributed by atoms with van der Waals surface area (Å²) < 4.78 is 15.1. The van der Waals surface area contributed by atoms with Crippen molar-refractivity contribution in [1.29, 1.82) is 0 Å². The second-order valence-corrected chi connectivity index (χ2v) is 9.17. The summed E-state index contributed by atoms with van der Waals surface area (Å²) in [6, 6.07) is 9.80. The lowest BCUT2D eigenvalue weighted by atomic mass is 9.95. The van der Waals surface area contributed by atoms with Crippen LogP contribution in [0.1, 0.15) is 38.3 Å². The molecule has 0 saturated carbocycles. The van der Waals surface area contributed by atoms with Crippen molar-refractivity contribution in [2.45, 2.75) is 44.8 Å². The summed E-state index contributed by atoms with van der Waals surface area (Å²) in [7, 11) is 1.68. The fraction of sp³-hybridized carbons (Fsp3) is 0.400. The normalized spacial score (nSPS) is 20.0. The van der Waals surface area contributed by atoms with Gasteiger partial charge in [0.2, 0.25) is 0 Å². The minimum Gasteiger partial charge on any atom is -0.401 e. The number of anilines is 1. The van der Waals surface area contributed by atoms with Crippen LogP contribution in [0.25, 0.3) is 11.0 Å². The third-order valence-electron chi connectivity index (χ3n) is 6.72. The third kappa shape index (κ3) is 4.40. The SMILES string of the molecule is C=C(N)C(c1ccc(F)cc1)N1CC(CC)N(c2nc(=O)n(C)c3ccc(Cl)nc23)C[C@H]1CC. The van der Waals surface area contributed by atoms with Gasteiger partial charge in [0.25, 0.3) is 0 Å². The largest absolute Gasteiger partial charge is 0.401 e. The first-order valence-electron chi connectivity index (χ1n) is 11.5. The van der Waals surface area contributed by atoms with E-state index in [2.05, 4.69) is 40.2 Å². The number of nitrogens with zero attached hydrogens (tertiary/aromatic N) is 5. The van der Waals surface area contributed by atoms with E-state index in [1.54, 1.807) is 31.3 Å². The van der Waals surface area contributed by atoms with E-state index in [0.717, 1.165) is 18.4 Å². The monoisotopic (exact) mass is 484 g/mol. The molecular weight excluding hydrogens is 455 g/mol. The van der Waals surface area contributed by atoms with Crippen LogP contribution in [0.4, 0.5) is 10.2 Å². The Hall–Kier alpha value is -2.97. The molecule has 4 rings (SSSR count). The molecule has 1 aliphatic rings. The molecule has 34 heavy (non-hydrogen) atoms. The number of hydrogen-bond donors (Lipinski definition) is 1. The highest BCUT2D eigenvalue weighted by molar-refractivity contribution is 6.29. The molecule has 3 atom stereocenters. The summed E-state index contributed by atoms with van der Waals surface area (Å²) in [5, 5.41) is 0.351. The van der Waals surface area contributed by atoms with E-state index < -0.39 is 0 Å². The fourth-order valence-corrected chi connectivity index (χ4v) is 5.06. The van der Waals surface area contributed by atoms with Crippen LogP contribution in [-0.4, -0.2) is 44.6 Å². The summed E-state index contributed by atoms with van der Waals surface area (Å²) in [6.45, 7) is 9.57. The predicted octanol–water partition coefficient (Wildman–Crippen LogP) is 4.01. The van der Waals surface area contributed by atoms with E-state index in [9.17, 15) is 9.18 Å². The van der Waals surface area contributed by atoms with Crippen LogP contribution in [0.3, 0.4) is 0 Å². The molecule has 2 unspecified atom stereocenters. The Kier molecular flexibility index (Phi) is 6.91. The van der Waals surface area contributed by atoms with Crippen LogP contribution in [0.5, 0.6) is 0 Å². The quantitative estimate of drug-likeness (QED) is 0.532. The lowest BCUT2D eigenvalue weighted by Crippen LogP contribution is -2.59. The Balaban J connectivity index is 1.78. The maximum absolute atomic E-state index is 13.6. The summed E-state index contributed by atoms with van der Waals surface area (Å²) in [4.78, 5) is 26.2. The summed E-state index contributed by atoms with van der Waals surface area (Å²) in [6.07, 6.45) is 1.66. The molecule has 3 heterocycles. The van der Waals surface area contributed by atoms with E-state index >= 15 is 0 Å². The fourth-order valence-electron chi connectivity index (χ4n) is 4.91. The van der Waals surface area contributed by atoms with Gasteiger partial charge in [-0.2, -0.15) is 4.98 Å². The topological polar surface area (TPSA) is 80.3 Å². The Morgan fingerprint density at radius 3 is 2.44 bits per heavy atom. The Bertz CT molecular complexity index is 1260. The van der Waals surface area contributed by atoms with Crippen molar-refractivity contribution in [1.82, 2.24) is 19.4 Å². The highest BCUT2D eigenvalue weighted by atomic mass is 35.5. The van der Waals surface area contributed by atoms with Crippen LogP contribution < -0.4 is 16.3 Å². The lowest BCUT2D eigenvalue weighted by molar-refractivity contribution is 0.108. The lowest BCUT2D eigenvalue weighted by Gasteiger charge is -2.49. The number of rotatable bonds is 6. The molecule has 180 valence electrons. The molecule has 1 saturated heterocycles. The van der Waals surface area contributed by atoms with E-state index in [1.807, 2.05) is 0 Å². The van der Waals surface area contributed by atoms with Gasteiger partial charge in [-0.1, -0.05) is 44.2 Å². The van der Waals surface area contributed by atoms with E-state index in [0.29, 0.717) is 40.8 Å². The van der Waals surface area contributed by atoms with Gasteiger partial charge < -0.3 is 10.6 Å². The average molecular weight is 485 g/mol. The Labute approximate surface area is 203 Å². The number of nitrogens with two attached hydrogens (primary N) is 1. The molecule has 0 amide bonds. The van der Waals surface area contributed by atoms with Crippen LogP contribution in [0.15, 0.2) is 53.5 Å². The van der Waals surface area contributed by atoms with Crippen LogP contribution in [0.2, 0.25) is 5.15 Å². The zero-order chi connectivity index (χ0) is 24.6. The van der Waals surface area contributed by atoms with Crippen LogP contribution in [0, 0.1) is 5.82 Å². The maximum atomic E-state index is 13.6. The highest BCUT2D eigenvalue weighted by Crippen LogP contribution is 2.35. The molecule has 9 heteroatoms. The van der Waals surface area contributed by atoms with Gasteiger partial charge in [0.05, 0.1) is 11.6 Å². The molecular formula is C25H30ClFN6O. The van der Waals surface area contributed by atoms with Gasteiger partial charge in [-0.3, -0.25) is 9.47 Å². The molecule has 1 aliphatic heterocycles. The number of piperazine rings is 1. The molecule has 0 aliphatic carbocycles. The first kappa shape index (κ1) is 24.2. The number of pyridine rings is 1.